The van der Waals surface area contributed by atoms with Gasteiger partial charge in [-0.25, -0.2) is 0 Å². The summed E-state index contributed by atoms with van der Waals surface area (Å²) in [6, 6.07) is 8.07. The van der Waals surface area contributed by atoms with Crippen molar-refractivity contribution in [3.8, 4) is 0 Å². The molecule has 1 saturated carbocycles. The first-order valence-electron chi connectivity index (χ1n) is 6.36. The van der Waals surface area contributed by atoms with Gasteiger partial charge in [0.15, 0.2) is 0 Å². The number of H-pyrrole nitrogens is 1. The van der Waals surface area contributed by atoms with Crippen LogP contribution in [0.25, 0.3) is 10.9 Å². The second kappa shape index (κ2) is 4.46. The highest BCUT2D eigenvalue weighted by Crippen LogP contribution is 2.26. The Bertz CT molecular complexity index is 575. The highest BCUT2D eigenvalue weighted by Gasteiger charge is 2.27. The zero-order valence-electron chi connectivity index (χ0n) is 10.1. The second-order valence-corrected chi connectivity index (χ2v) is 5.04. The number of benzene rings is 1. The second-order valence-electron chi connectivity index (χ2n) is 5.04. The van der Waals surface area contributed by atoms with E-state index in [0.29, 0.717) is 0 Å². The number of hydrogen-bond acceptors (Lipinski definition) is 2. The molecule has 3 rings (SSSR count). The van der Waals surface area contributed by atoms with E-state index < -0.39 is 0 Å². The zero-order valence-corrected chi connectivity index (χ0v) is 10.1. The Morgan fingerprint density at radius 3 is 3.00 bits per heavy atom. The fourth-order valence-electron chi connectivity index (χ4n) is 2.63. The van der Waals surface area contributed by atoms with Gasteiger partial charge in [0, 0.05) is 34.7 Å². The van der Waals surface area contributed by atoms with Crippen LogP contribution >= 0.6 is 0 Å². The SMILES string of the molecule is NC1CCC(C(=O)Nc2ccc3[nH]ccc3c2)C1. The Morgan fingerprint density at radius 2 is 2.22 bits per heavy atom. The predicted molar refractivity (Wildman–Crippen MR) is 72.2 cm³/mol. The van der Waals surface area contributed by atoms with Crippen LogP contribution in [0.1, 0.15) is 19.3 Å². The molecule has 1 aromatic heterocycles. The monoisotopic (exact) mass is 243 g/mol. The molecule has 0 saturated heterocycles. The lowest BCUT2D eigenvalue weighted by Gasteiger charge is -2.10. The lowest BCUT2D eigenvalue weighted by molar-refractivity contribution is -0.119. The number of aromatic amines is 1. The van der Waals surface area contributed by atoms with Crippen LogP contribution in [0.15, 0.2) is 30.5 Å². The molecular formula is C14H17N3O. The van der Waals surface area contributed by atoms with Gasteiger partial charge in [-0.3, -0.25) is 4.79 Å². The number of hydrogen-bond donors (Lipinski definition) is 3. The summed E-state index contributed by atoms with van der Waals surface area (Å²) in [5.74, 6) is 0.166. The van der Waals surface area contributed by atoms with Gasteiger partial charge in [-0.1, -0.05) is 0 Å². The van der Waals surface area contributed by atoms with Crippen molar-refractivity contribution in [2.45, 2.75) is 25.3 Å². The average Bonchev–Trinajstić information content (AvgIpc) is 2.96. The summed E-state index contributed by atoms with van der Waals surface area (Å²) in [5.41, 5.74) is 7.77. The Balaban J connectivity index is 1.73. The molecule has 18 heavy (non-hydrogen) atoms. The standard InChI is InChI=1S/C14H17N3O/c15-11-2-1-10(7-11)14(18)17-12-3-4-13-9(8-12)5-6-16-13/h3-6,8,10-11,16H,1-2,7,15H2,(H,17,18). The molecule has 4 N–H and O–H groups in total. The molecule has 4 nitrogen and oxygen atoms in total. The van der Waals surface area contributed by atoms with Crippen LogP contribution in [0.3, 0.4) is 0 Å². The smallest absolute Gasteiger partial charge is 0.227 e. The van der Waals surface area contributed by atoms with E-state index in [-0.39, 0.29) is 17.9 Å². The van der Waals surface area contributed by atoms with Crippen molar-refractivity contribution >= 4 is 22.5 Å². The maximum Gasteiger partial charge on any atom is 0.227 e. The van der Waals surface area contributed by atoms with Crippen LogP contribution in [0.4, 0.5) is 5.69 Å². The lowest BCUT2D eigenvalue weighted by Crippen LogP contribution is -2.23. The fraction of sp³-hybridized carbons (Fsp3) is 0.357. The van der Waals surface area contributed by atoms with Crippen molar-refractivity contribution in [3.63, 3.8) is 0 Å². The van der Waals surface area contributed by atoms with Crippen molar-refractivity contribution in [2.75, 3.05) is 5.32 Å². The molecular weight excluding hydrogens is 226 g/mol. The molecule has 2 atom stereocenters. The maximum absolute atomic E-state index is 12.1. The van der Waals surface area contributed by atoms with Crippen molar-refractivity contribution < 1.29 is 4.79 Å². The first kappa shape index (κ1) is 11.3. The molecule has 0 bridgehead atoms. The third kappa shape index (κ3) is 2.11. The van der Waals surface area contributed by atoms with Crippen LogP contribution in [0.5, 0.6) is 0 Å². The van der Waals surface area contributed by atoms with E-state index in [4.69, 9.17) is 5.73 Å². The molecule has 4 heteroatoms. The van der Waals surface area contributed by atoms with E-state index >= 15 is 0 Å². The van der Waals surface area contributed by atoms with Gasteiger partial charge in [0.05, 0.1) is 0 Å². The molecule has 2 aromatic rings. The van der Waals surface area contributed by atoms with Gasteiger partial charge in [-0.15, -0.1) is 0 Å². The summed E-state index contributed by atoms with van der Waals surface area (Å²) >= 11 is 0. The van der Waals surface area contributed by atoms with E-state index in [2.05, 4.69) is 10.3 Å². The lowest BCUT2D eigenvalue weighted by atomic mass is 10.1. The fourth-order valence-corrected chi connectivity index (χ4v) is 2.63. The topological polar surface area (TPSA) is 70.9 Å². The summed E-state index contributed by atoms with van der Waals surface area (Å²) in [7, 11) is 0. The maximum atomic E-state index is 12.1. The highest BCUT2D eigenvalue weighted by atomic mass is 16.1. The Labute approximate surface area is 106 Å². The summed E-state index contributed by atoms with van der Waals surface area (Å²) in [4.78, 5) is 15.2. The van der Waals surface area contributed by atoms with Gasteiger partial charge < -0.3 is 16.0 Å². The van der Waals surface area contributed by atoms with Gasteiger partial charge in [0.2, 0.25) is 5.91 Å². The number of nitrogens with two attached hydrogens (primary N) is 1. The number of amides is 1. The molecule has 2 unspecified atom stereocenters. The number of carbonyl (C=O) groups is 1. The number of carbonyl (C=O) groups excluding carboxylic acids is 1. The van der Waals surface area contributed by atoms with Gasteiger partial charge in [0.1, 0.15) is 0 Å². The molecule has 1 aliphatic carbocycles. The van der Waals surface area contributed by atoms with Crippen molar-refractivity contribution in [2.24, 2.45) is 11.7 Å². The molecule has 1 heterocycles. The molecule has 0 aliphatic heterocycles. The number of rotatable bonds is 2. The van der Waals surface area contributed by atoms with Crippen molar-refractivity contribution in [1.82, 2.24) is 4.98 Å². The Hall–Kier alpha value is -1.81. The van der Waals surface area contributed by atoms with Crippen LogP contribution in [0, 0.1) is 5.92 Å². The molecule has 94 valence electrons. The Morgan fingerprint density at radius 1 is 1.33 bits per heavy atom. The van der Waals surface area contributed by atoms with E-state index in [1.807, 2.05) is 30.5 Å². The zero-order chi connectivity index (χ0) is 12.5. The number of anilines is 1. The summed E-state index contributed by atoms with van der Waals surface area (Å²) in [6.07, 6.45) is 4.55. The van der Waals surface area contributed by atoms with E-state index in [0.717, 1.165) is 35.9 Å². The summed E-state index contributed by atoms with van der Waals surface area (Å²) < 4.78 is 0. The van der Waals surface area contributed by atoms with Crippen molar-refractivity contribution in [3.05, 3.63) is 30.5 Å². The quantitative estimate of drug-likeness (QED) is 0.757. The Kier molecular flexibility index (Phi) is 2.80. The van der Waals surface area contributed by atoms with Crippen LogP contribution < -0.4 is 11.1 Å². The molecule has 0 radical (unpaired) electrons. The van der Waals surface area contributed by atoms with Crippen LogP contribution in [-0.4, -0.2) is 16.9 Å². The molecule has 1 aromatic carbocycles. The first-order chi connectivity index (χ1) is 8.72. The highest BCUT2D eigenvalue weighted by molar-refractivity contribution is 5.95. The first-order valence-corrected chi connectivity index (χ1v) is 6.36. The molecule has 1 fully saturated rings. The third-order valence-corrected chi connectivity index (χ3v) is 3.66. The minimum atomic E-state index is 0.0712. The van der Waals surface area contributed by atoms with E-state index in [9.17, 15) is 4.79 Å². The normalized spacial score (nSPS) is 23.4. The minimum Gasteiger partial charge on any atom is -0.361 e. The van der Waals surface area contributed by atoms with Crippen LogP contribution in [0.2, 0.25) is 0 Å². The molecule has 1 aliphatic rings. The van der Waals surface area contributed by atoms with Crippen LogP contribution in [-0.2, 0) is 4.79 Å². The number of nitrogens with one attached hydrogen (secondary N) is 2. The van der Waals surface area contributed by atoms with Gasteiger partial charge >= 0.3 is 0 Å². The number of aromatic nitrogens is 1. The van der Waals surface area contributed by atoms with E-state index in [1.54, 1.807) is 0 Å². The summed E-state index contributed by atoms with van der Waals surface area (Å²) in [6.45, 7) is 0. The minimum absolute atomic E-state index is 0.0712. The van der Waals surface area contributed by atoms with E-state index in [1.165, 1.54) is 0 Å². The van der Waals surface area contributed by atoms with Crippen molar-refractivity contribution in [1.29, 1.82) is 0 Å². The van der Waals surface area contributed by atoms with Gasteiger partial charge in [0.25, 0.3) is 0 Å². The predicted octanol–water partition coefficient (Wildman–Crippen LogP) is 2.23. The molecule has 1 amide bonds. The number of fused-ring (bicyclic) bond motifs is 1. The van der Waals surface area contributed by atoms with Gasteiger partial charge in [-0.2, -0.15) is 0 Å². The van der Waals surface area contributed by atoms with Gasteiger partial charge in [-0.05, 0) is 43.5 Å². The average molecular weight is 243 g/mol. The molecule has 0 spiro atoms. The third-order valence-electron chi connectivity index (χ3n) is 3.66. The summed E-state index contributed by atoms with van der Waals surface area (Å²) in [5, 5.41) is 4.09. The largest absolute Gasteiger partial charge is 0.361 e.